The second kappa shape index (κ2) is 9.58. The first-order chi connectivity index (χ1) is 13.9. The largest absolute Gasteiger partial charge is 0.336 e. The molecule has 3 aromatic rings. The molecule has 150 valence electrons. The van der Waals surface area contributed by atoms with E-state index < -0.39 is 0 Å². The molecule has 0 aliphatic rings. The van der Waals surface area contributed by atoms with Gasteiger partial charge >= 0.3 is 0 Å². The van der Waals surface area contributed by atoms with Gasteiger partial charge in [-0.2, -0.15) is 0 Å². The topological polar surface area (TPSA) is 80.1 Å². The standard InChI is InChI=1S/C20H20ClN5O2S/c1-14-6-8-16(9-7-14)23-18(27)11-25(2)19(28)12-29-20-24-22-13-26(20)17-5-3-4-15(21)10-17/h3-10,13H,11-12H2,1-2H3,(H,23,27). The third kappa shape index (κ3) is 5.82. The van der Waals surface area contributed by atoms with Crippen LogP contribution in [0.3, 0.4) is 0 Å². The zero-order valence-corrected chi connectivity index (χ0v) is 17.6. The summed E-state index contributed by atoms with van der Waals surface area (Å²) in [6.07, 6.45) is 1.57. The molecule has 29 heavy (non-hydrogen) atoms. The Labute approximate surface area is 178 Å². The third-order valence-corrected chi connectivity index (χ3v) is 5.23. The van der Waals surface area contributed by atoms with E-state index in [-0.39, 0.29) is 24.1 Å². The van der Waals surface area contributed by atoms with Crippen LogP contribution >= 0.6 is 23.4 Å². The summed E-state index contributed by atoms with van der Waals surface area (Å²) in [5.74, 6) is -0.306. The molecule has 0 saturated carbocycles. The van der Waals surface area contributed by atoms with Crippen molar-refractivity contribution in [2.45, 2.75) is 12.1 Å². The van der Waals surface area contributed by atoms with Crippen molar-refractivity contribution in [1.82, 2.24) is 19.7 Å². The minimum Gasteiger partial charge on any atom is -0.336 e. The Kier molecular flexibility index (Phi) is 6.90. The van der Waals surface area contributed by atoms with Gasteiger partial charge in [0.1, 0.15) is 6.33 Å². The van der Waals surface area contributed by atoms with Gasteiger partial charge in [-0.1, -0.05) is 47.1 Å². The lowest BCUT2D eigenvalue weighted by molar-refractivity contribution is -0.131. The van der Waals surface area contributed by atoms with Gasteiger partial charge in [-0.15, -0.1) is 10.2 Å². The number of carbonyl (C=O) groups is 2. The first-order valence-corrected chi connectivity index (χ1v) is 10.2. The normalized spacial score (nSPS) is 10.6. The predicted octanol–water partition coefficient (Wildman–Crippen LogP) is 3.42. The summed E-state index contributed by atoms with van der Waals surface area (Å²) in [5.41, 5.74) is 2.62. The Morgan fingerprint density at radius 2 is 1.97 bits per heavy atom. The molecule has 0 aliphatic carbocycles. The van der Waals surface area contributed by atoms with Crippen LogP contribution in [0.2, 0.25) is 5.02 Å². The highest BCUT2D eigenvalue weighted by molar-refractivity contribution is 7.99. The number of nitrogens with one attached hydrogen (secondary N) is 1. The smallest absolute Gasteiger partial charge is 0.243 e. The van der Waals surface area contributed by atoms with Gasteiger partial charge < -0.3 is 10.2 Å². The first kappa shape index (κ1) is 20.9. The van der Waals surface area contributed by atoms with E-state index in [4.69, 9.17) is 11.6 Å². The fourth-order valence-electron chi connectivity index (χ4n) is 2.50. The summed E-state index contributed by atoms with van der Waals surface area (Å²) in [7, 11) is 1.60. The Hall–Kier alpha value is -2.84. The number of hydrogen-bond donors (Lipinski definition) is 1. The third-order valence-electron chi connectivity index (χ3n) is 4.07. The van der Waals surface area contributed by atoms with Crippen molar-refractivity contribution in [2.24, 2.45) is 0 Å². The summed E-state index contributed by atoms with van der Waals surface area (Å²) in [4.78, 5) is 26.0. The highest BCUT2D eigenvalue weighted by Crippen LogP contribution is 2.21. The molecule has 2 aromatic carbocycles. The molecule has 0 atom stereocenters. The fourth-order valence-corrected chi connectivity index (χ4v) is 3.56. The predicted molar refractivity (Wildman–Crippen MR) is 115 cm³/mol. The highest BCUT2D eigenvalue weighted by Gasteiger charge is 2.16. The number of rotatable bonds is 7. The van der Waals surface area contributed by atoms with Crippen molar-refractivity contribution in [2.75, 3.05) is 24.7 Å². The van der Waals surface area contributed by atoms with Crippen LogP contribution in [-0.4, -0.2) is 50.8 Å². The minimum atomic E-state index is -0.253. The summed E-state index contributed by atoms with van der Waals surface area (Å²) in [5, 5.41) is 11.9. The van der Waals surface area contributed by atoms with Gasteiger partial charge in [0.05, 0.1) is 18.0 Å². The Balaban J connectivity index is 1.53. The number of amides is 2. The monoisotopic (exact) mass is 429 g/mol. The molecule has 0 aliphatic heterocycles. The maximum Gasteiger partial charge on any atom is 0.243 e. The number of anilines is 1. The SMILES string of the molecule is Cc1ccc(NC(=O)CN(C)C(=O)CSc2nncn2-c2cccc(Cl)c2)cc1. The van der Waals surface area contributed by atoms with E-state index in [1.54, 1.807) is 30.1 Å². The van der Waals surface area contributed by atoms with Crippen LogP contribution in [0.15, 0.2) is 60.0 Å². The van der Waals surface area contributed by atoms with Crippen LogP contribution in [0.25, 0.3) is 5.69 Å². The molecule has 0 unspecified atom stereocenters. The van der Waals surface area contributed by atoms with E-state index in [9.17, 15) is 9.59 Å². The molecule has 1 aromatic heterocycles. The van der Waals surface area contributed by atoms with Gasteiger partial charge in [0.25, 0.3) is 0 Å². The molecule has 1 N–H and O–H groups in total. The van der Waals surface area contributed by atoms with Crippen LogP contribution in [0.5, 0.6) is 0 Å². The molecule has 0 radical (unpaired) electrons. The van der Waals surface area contributed by atoms with E-state index in [1.807, 2.05) is 43.3 Å². The molecule has 0 bridgehead atoms. The number of halogens is 1. The number of aryl methyl sites for hydroxylation is 1. The van der Waals surface area contributed by atoms with Crippen molar-refractivity contribution in [1.29, 1.82) is 0 Å². The molecule has 0 saturated heterocycles. The van der Waals surface area contributed by atoms with E-state index >= 15 is 0 Å². The van der Waals surface area contributed by atoms with Gasteiger partial charge in [-0.05, 0) is 37.3 Å². The van der Waals surface area contributed by atoms with Crippen molar-refractivity contribution in [3.63, 3.8) is 0 Å². The van der Waals surface area contributed by atoms with Crippen molar-refractivity contribution in [3.8, 4) is 5.69 Å². The number of nitrogens with zero attached hydrogens (tertiary/aromatic N) is 4. The maximum absolute atomic E-state index is 12.4. The number of thioether (sulfide) groups is 1. The summed E-state index contributed by atoms with van der Waals surface area (Å²) in [6.45, 7) is 1.94. The van der Waals surface area contributed by atoms with Gasteiger partial charge in [0.2, 0.25) is 11.8 Å². The molecule has 0 fully saturated rings. The molecule has 1 heterocycles. The molecular formula is C20H20ClN5O2S. The van der Waals surface area contributed by atoms with Crippen LogP contribution in [0.1, 0.15) is 5.56 Å². The van der Waals surface area contributed by atoms with Crippen molar-refractivity contribution >= 4 is 40.9 Å². The van der Waals surface area contributed by atoms with E-state index in [2.05, 4.69) is 15.5 Å². The highest BCUT2D eigenvalue weighted by atomic mass is 35.5. The molecule has 3 rings (SSSR count). The number of aromatic nitrogens is 3. The van der Waals surface area contributed by atoms with Crippen LogP contribution in [-0.2, 0) is 9.59 Å². The number of hydrogen-bond acceptors (Lipinski definition) is 5. The first-order valence-electron chi connectivity index (χ1n) is 8.81. The lowest BCUT2D eigenvalue weighted by Gasteiger charge is -2.16. The van der Waals surface area contributed by atoms with Gasteiger partial charge in [0.15, 0.2) is 5.16 Å². The van der Waals surface area contributed by atoms with Gasteiger partial charge in [0, 0.05) is 17.8 Å². The summed E-state index contributed by atoms with van der Waals surface area (Å²) >= 11 is 7.28. The van der Waals surface area contributed by atoms with Crippen molar-refractivity contribution < 1.29 is 9.59 Å². The Morgan fingerprint density at radius 3 is 2.69 bits per heavy atom. The van der Waals surface area contributed by atoms with Crippen LogP contribution in [0, 0.1) is 6.92 Å². The average Bonchev–Trinajstić information content (AvgIpc) is 3.16. The van der Waals surface area contributed by atoms with E-state index in [0.717, 1.165) is 11.3 Å². The summed E-state index contributed by atoms with van der Waals surface area (Å²) < 4.78 is 1.76. The summed E-state index contributed by atoms with van der Waals surface area (Å²) in [6, 6.07) is 14.8. The molecule has 7 nitrogen and oxygen atoms in total. The molecule has 0 spiro atoms. The van der Waals surface area contributed by atoms with E-state index in [0.29, 0.717) is 15.9 Å². The zero-order valence-electron chi connectivity index (χ0n) is 16.0. The second-order valence-electron chi connectivity index (χ2n) is 6.42. The number of likely N-dealkylation sites (N-methyl/N-ethyl adjacent to an activating group) is 1. The Bertz CT molecular complexity index is 1010. The minimum absolute atomic E-state index is 0.0335. The van der Waals surface area contributed by atoms with E-state index in [1.165, 1.54) is 16.7 Å². The average molecular weight is 430 g/mol. The lowest BCUT2D eigenvalue weighted by Crippen LogP contribution is -2.36. The molecular weight excluding hydrogens is 410 g/mol. The van der Waals surface area contributed by atoms with Gasteiger partial charge in [-0.3, -0.25) is 14.2 Å². The quantitative estimate of drug-likeness (QED) is 0.582. The van der Waals surface area contributed by atoms with Gasteiger partial charge in [-0.25, -0.2) is 0 Å². The Morgan fingerprint density at radius 1 is 1.21 bits per heavy atom. The number of carbonyl (C=O) groups excluding carboxylic acids is 2. The van der Waals surface area contributed by atoms with Crippen LogP contribution in [0.4, 0.5) is 5.69 Å². The van der Waals surface area contributed by atoms with Crippen LogP contribution < -0.4 is 5.32 Å². The fraction of sp³-hybridized carbons (Fsp3) is 0.200. The lowest BCUT2D eigenvalue weighted by atomic mass is 10.2. The molecule has 9 heteroatoms. The number of benzene rings is 2. The maximum atomic E-state index is 12.4. The molecule has 2 amide bonds. The second-order valence-corrected chi connectivity index (χ2v) is 7.79. The zero-order chi connectivity index (χ0) is 20.8. The van der Waals surface area contributed by atoms with Crippen molar-refractivity contribution in [3.05, 3.63) is 65.4 Å².